The highest BCUT2D eigenvalue weighted by Gasteiger charge is 2.30. The summed E-state index contributed by atoms with van der Waals surface area (Å²) in [6, 6.07) is 13.1. The van der Waals surface area contributed by atoms with Gasteiger partial charge in [-0.2, -0.15) is 4.31 Å². The summed E-state index contributed by atoms with van der Waals surface area (Å²) in [5, 5.41) is 0.0393. The van der Waals surface area contributed by atoms with Crippen LogP contribution in [-0.2, 0) is 19.6 Å². The van der Waals surface area contributed by atoms with Crippen LogP contribution in [0.25, 0.3) is 0 Å². The SMILES string of the molecule is CCN(C(=O)[C@@H](C)OC(=O)c1ccc(Cl)c(S(=O)(=O)N2CCCCC2)c1)c1ccccc1. The van der Waals surface area contributed by atoms with Crippen LogP contribution in [0.2, 0.25) is 5.02 Å². The Hall–Kier alpha value is -2.42. The number of halogens is 1. The summed E-state index contributed by atoms with van der Waals surface area (Å²) in [5.74, 6) is -1.16. The van der Waals surface area contributed by atoms with Crippen molar-refractivity contribution in [3.63, 3.8) is 0 Å². The molecular weight excluding hydrogens is 452 g/mol. The van der Waals surface area contributed by atoms with Crippen LogP contribution in [-0.4, -0.2) is 50.3 Å². The third-order valence-corrected chi connectivity index (χ3v) is 7.76. The van der Waals surface area contributed by atoms with Gasteiger partial charge in [0, 0.05) is 25.3 Å². The highest BCUT2D eigenvalue weighted by molar-refractivity contribution is 7.89. The van der Waals surface area contributed by atoms with Gasteiger partial charge in [0.25, 0.3) is 5.91 Å². The van der Waals surface area contributed by atoms with Crippen molar-refractivity contribution >= 4 is 39.2 Å². The molecule has 0 aromatic heterocycles. The first-order valence-corrected chi connectivity index (χ1v) is 12.4. The van der Waals surface area contributed by atoms with Crippen LogP contribution in [0.4, 0.5) is 5.69 Å². The monoisotopic (exact) mass is 478 g/mol. The molecule has 1 fully saturated rings. The largest absolute Gasteiger partial charge is 0.449 e. The third kappa shape index (κ3) is 5.31. The van der Waals surface area contributed by atoms with E-state index in [1.165, 1.54) is 34.3 Å². The summed E-state index contributed by atoms with van der Waals surface area (Å²) >= 11 is 6.17. The van der Waals surface area contributed by atoms with Crippen molar-refractivity contribution in [2.45, 2.75) is 44.1 Å². The van der Waals surface area contributed by atoms with Gasteiger partial charge < -0.3 is 9.64 Å². The van der Waals surface area contributed by atoms with Crippen LogP contribution < -0.4 is 4.90 Å². The molecule has 0 bridgehead atoms. The molecule has 2 aromatic carbocycles. The van der Waals surface area contributed by atoms with E-state index in [2.05, 4.69) is 0 Å². The summed E-state index contributed by atoms with van der Waals surface area (Å²) in [6.45, 7) is 4.57. The number of anilines is 1. The lowest BCUT2D eigenvalue weighted by atomic mass is 10.2. The molecule has 0 aliphatic carbocycles. The van der Waals surface area contributed by atoms with Gasteiger partial charge in [0.05, 0.1) is 10.6 Å². The van der Waals surface area contributed by atoms with Gasteiger partial charge in [0.1, 0.15) is 4.90 Å². The Bertz CT molecular complexity index is 1070. The van der Waals surface area contributed by atoms with Crippen molar-refractivity contribution in [2.24, 2.45) is 0 Å². The number of ether oxygens (including phenoxy) is 1. The Morgan fingerprint density at radius 1 is 1.09 bits per heavy atom. The van der Waals surface area contributed by atoms with Crippen molar-refractivity contribution in [3.8, 4) is 0 Å². The molecule has 0 spiro atoms. The van der Waals surface area contributed by atoms with Gasteiger partial charge in [-0.1, -0.05) is 36.2 Å². The first kappa shape index (κ1) is 24.2. The molecule has 1 heterocycles. The first-order chi connectivity index (χ1) is 15.3. The molecule has 1 saturated heterocycles. The van der Waals surface area contributed by atoms with Gasteiger partial charge in [0.2, 0.25) is 10.0 Å². The van der Waals surface area contributed by atoms with Gasteiger partial charge in [-0.25, -0.2) is 13.2 Å². The number of hydrogen-bond acceptors (Lipinski definition) is 5. The lowest BCUT2D eigenvalue weighted by Gasteiger charge is -2.26. The zero-order valence-electron chi connectivity index (χ0n) is 18.2. The Morgan fingerprint density at radius 3 is 2.38 bits per heavy atom. The molecule has 7 nitrogen and oxygen atoms in total. The van der Waals surface area contributed by atoms with Crippen LogP contribution in [0.5, 0.6) is 0 Å². The van der Waals surface area contributed by atoms with Gasteiger partial charge >= 0.3 is 5.97 Å². The van der Waals surface area contributed by atoms with E-state index in [4.69, 9.17) is 16.3 Å². The second kappa shape index (κ2) is 10.5. The maximum atomic E-state index is 13.0. The van der Waals surface area contributed by atoms with Crippen molar-refractivity contribution < 1.29 is 22.7 Å². The second-order valence-electron chi connectivity index (χ2n) is 7.58. The molecule has 0 N–H and O–H groups in total. The average Bonchev–Trinajstić information content (AvgIpc) is 2.80. The van der Waals surface area contributed by atoms with Crippen LogP contribution in [0.1, 0.15) is 43.5 Å². The standard InChI is InChI=1S/C23H27ClN2O5S/c1-3-26(19-10-6-4-7-11-19)22(27)17(2)31-23(28)18-12-13-20(24)21(16-18)32(29,30)25-14-8-5-9-15-25/h4,6-7,10-13,16-17H,3,5,8-9,14-15H2,1-2H3/t17-/m1/s1. The minimum Gasteiger partial charge on any atom is -0.449 e. The Balaban J connectivity index is 1.78. The number of hydrogen-bond donors (Lipinski definition) is 0. The minimum atomic E-state index is -3.83. The Morgan fingerprint density at radius 2 is 1.75 bits per heavy atom. The minimum absolute atomic E-state index is 0.0207. The van der Waals surface area contributed by atoms with E-state index in [1.807, 2.05) is 25.1 Å². The number of benzene rings is 2. The van der Waals surface area contributed by atoms with E-state index in [1.54, 1.807) is 12.1 Å². The van der Waals surface area contributed by atoms with E-state index in [0.29, 0.717) is 25.3 Å². The van der Waals surface area contributed by atoms with Gasteiger partial charge in [-0.3, -0.25) is 4.79 Å². The van der Waals surface area contributed by atoms with Crippen molar-refractivity contribution in [2.75, 3.05) is 24.5 Å². The fourth-order valence-electron chi connectivity index (χ4n) is 3.64. The normalized spacial score (nSPS) is 15.7. The molecule has 1 atom stereocenters. The first-order valence-electron chi connectivity index (χ1n) is 10.6. The van der Waals surface area contributed by atoms with E-state index < -0.39 is 22.1 Å². The number of sulfonamides is 1. The van der Waals surface area contributed by atoms with Crippen LogP contribution in [0, 0.1) is 0 Å². The predicted octanol–water partition coefficient (Wildman–Crippen LogP) is 4.11. The molecule has 2 aromatic rings. The van der Waals surface area contributed by atoms with Gasteiger partial charge in [-0.15, -0.1) is 0 Å². The maximum Gasteiger partial charge on any atom is 0.338 e. The number of para-hydroxylation sites is 1. The zero-order valence-corrected chi connectivity index (χ0v) is 19.7. The number of amides is 1. The van der Waals surface area contributed by atoms with Crippen LogP contribution in [0.3, 0.4) is 0 Å². The molecule has 1 amide bonds. The Kier molecular flexibility index (Phi) is 7.92. The molecule has 1 aliphatic heterocycles. The van der Waals surface area contributed by atoms with E-state index in [-0.39, 0.29) is 21.4 Å². The van der Waals surface area contributed by atoms with E-state index in [9.17, 15) is 18.0 Å². The van der Waals surface area contributed by atoms with Crippen molar-refractivity contribution in [3.05, 3.63) is 59.1 Å². The lowest BCUT2D eigenvalue weighted by Crippen LogP contribution is -2.40. The third-order valence-electron chi connectivity index (χ3n) is 5.38. The number of rotatable bonds is 7. The number of carbonyl (C=O) groups is 2. The average molecular weight is 479 g/mol. The fraction of sp³-hybridized carbons (Fsp3) is 0.391. The molecule has 0 saturated carbocycles. The molecule has 0 radical (unpaired) electrons. The molecule has 0 unspecified atom stereocenters. The van der Waals surface area contributed by atoms with E-state index in [0.717, 1.165) is 19.3 Å². The highest BCUT2D eigenvalue weighted by Crippen LogP contribution is 2.28. The summed E-state index contributed by atoms with van der Waals surface area (Å²) in [7, 11) is -3.83. The second-order valence-corrected chi connectivity index (χ2v) is 9.89. The van der Waals surface area contributed by atoms with Gasteiger partial charge in [0.15, 0.2) is 6.10 Å². The predicted molar refractivity (Wildman–Crippen MR) is 123 cm³/mol. The number of carbonyl (C=O) groups excluding carboxylic acids is 2. The smallest absolute Gasteiger partial charge is 0.338 e. The topological polar surface area (TPSA) is 84.0 Å². The van der Waals surface area contributed by atoms with Crippen molar-refractivity contribution in [1.82, 2.24) is 4.31 Å². The van der Waals surface area contributed by atoms with Crippen LogP contribution in [0.15, 0.2) is 53.4 Å². The molecule has 172 valence electrons. The maximum absolute atomic E-state index is 13.0. The quantitative estimate of drug-likeness (QED) is 0.559. The lowest BCUT2D eigenvalue weighted by molar-refractivity contribution is -0.126. The number of nitrogens with zero attached hydrogens (tertiary/aromatic N) is 2. The summed E-state index contributed by atoms with van der Waals surface area (Å²) < 4.78 is 32.8. The molecule has 3 rings (SSSR count). The number of piperidine rings is 1. The van der Waals surface area contributed by atoms with Crippen LogP contribution >= 0.6 is 11.6 Å². The summed E-state index contributed by atoms with van der Waals surface area (Å²) in [5.41, 5.74) is 0.719. The highest BCUT2D eigenvalue weighted by atomic mass is 35.5. The Labute approximate surface area is 194 Å². The zero-order chi connectivity index (χ0) is 23.3. The summed E-state index contributed by atoms with van der Waals surface area (Å²) in [4.78, 5) is 27.0. The molecule has 32 heavy (non-hydrogen) atoms. The van der Waals surface area contributed by atoms with Gasteiger partial charge in [-0.05, 0) is 57.0 Å². The molecule has 1 aliphatic rings. The fourth-order valence-corrected chi connectivity index (χ4v) is 5.66. The molecule has 9 heteroatoms. The number of esters is 1. The number of likely N-dealkylation sites (N-methyl/N-ethyl adjacent to an activating group) is 1. The van der Waals surface area contributed by atoms with E-state index >= 15 is 0 Å². The summed E-state index contributed by atoms with van der Waals surface area (Å²) in [6.07, 6.45) is 1.50. The molecular formula is C23H27ClN2O5S. The van der Waals surface area contributed by atoms with Crippen molar-refractivity contribution in [1.29, 1.82) is 0 Å².